The van der Waals surface area contributed by atoms with Crippen LogP contribution in [-0.2, 0) is 9.59 Å². The molecule has 1 saturated heterocycles. The zero-order valence-corrected chi connectivity index (χ0v) is 15.5. The fourth-order valence-corrected chi connectivity index (χ4v) is 3.31. The Bertz CT molecular complexity index is 625. The second-order valence-corrected chi connectivity index (χ2v) is 6.61. The van der Waals surface area contributed by atoms with Crippen LogP contribution in [0, 0.1) is 5.92 Å². The molecule has 2 aliphatic heterocycles. The minimum atomic E-state index is -0.521. The van der Waals surface area contributed by atoms with Gasteiger partial charge in [-0.15, -0.1) is 12.4 Å². The largest absolute Gasteiger partial charge is 0.479 e. The molecule has 0 bridgehead atoms. The summed E-state index contributed by atoms with van der Waals surface area (Å²) in [5, 5.41) is 6.44. The minimum absolute atomic E-state index is 0. The van der Waals surface area contributed by atoms with Crippen molar-refractivity contribution in [3.05, 3.63) is 24.3 Å². The standard InChI is InChI=1S/C18H25N3O3.ClH/c1-12-11-19-9-7-14(12)20-17(22)8-10-21-15-5-3-4-6-16(15)24-13(2)18(21)23;/h3-6,12-14,19H,7-11H2,1-2H3,(H,20,22);1H. The molecular formula is C18H26ClN3O3. The summed E-state index contributed by atoms with van der Waals surface area (Å²) in [5.74, 6) is 1.01. The summed E-state index contributed by atoms with van der Waals surface area (Å²) in [6.07, 6.45) is 0.722. The molecule has 1 aromatic rings. The summed E-state index contributed by atoms with van der Waals surface area (Å²) in [4.78, 5) is 26.4. The monoisotopic (exact) mass is 367 g/mol. The average Bonchev–Trinajstić information content (AvgIpc) is 2.57. The van der Waals surface area contributed by atoms with Gasteiger partial charge in [-0.3, -0.25) is 9.59 Å². The topological polar surface area (TPSA) is 70.7 Å². The number of hydrogen-bond donors (Lipinski definition) is 2. The van der Waals surface area contributed by atoms with Crippen LogP contribution in [0.1, 0.15) is 26.7 Å². The van der Waals surface area contributed by atoms with E-state index in [1.54, 1.807) is 11.8 Å². The fraction of sp³-hybridized carbons (Fsp3) is 0.556. The van der Waals surface area contributed by atoms with Gasteiger partial charge in [-0.25, -0.2) is 0 Å². The first kappa shape index (κ1) is 19.5. The van der Waals surface area contributed by atoms with Crippen LogP contribution in [0.3, 0.4) is 0 Å². The smallest absolute Gasteiger partial charge is 0.267 e. The van der Waals surface area contributed by atoms with Crippen molar-refractivity contribution in [1.82, 2.24) is 10.6 Å². The summed E-state index contributed by atoms with van der Waals surface area (Å²) in [7, 11) is 0. The minimum Gasteiger partial charge on any atom is -0.479 e. The first-order valence-corrected chi connectivity index (χ1v) is 8.63. The van der Waals surface area contributed by atoms with Crippen molar-refractivity contribution < 1.29 is 14.3 Å². The first-order chi connectivity index (χ1) is 11.6. The Kier molecular flexibility index (Phi) is 6.67. The van der Waals surface area contributed by atoms with Crippen LogP contribution >= 0.6 is 12.4 Å². The Balaban J connectivity index is 0.00000225. The number of para-hydroxylation sites is 2. The van der Waals surface area contributed by atoms with E-state index in [9.17, 15) is 9.59 Å². The molecule has 1 fully saturated rings. The number of nitrogens with zero attached hydrogens (tertiary/aromatic N) is 1. The van der Waals surface area contributed by atoms with Crippen LogP contribution in [0.5, 0.6) is 5.75 Å². The van der Waals surface area contributed by atoms with Gasteiger partial charge in [0.25, 0.3) is 5.91 Å². The molecule has 3 rings (SSSR count). The predicted octanol–water partition coefficient (Wildman–Crippen LogP) is 1.73. The molecular weight excluding hydrogens is 342 g/mol. The van der Waals surface area contributed by atoms with Gasteiger partial charge >= 0.3 is 0 Å². The number of rotatable bonds is 4. The lowest BCUT2D eigenvalue weighted by Gasteiger charge is -2.33. The third-order valence-corrected chi connectivity index (χ3v) is 4.77. The average molecular weight is 368 g/mol. The van der Waals surface area contributed by atoms with Gasteiger partial charge in [0.05, 0.1) is 5.69 Å². The van der Waals surface area contributed by atoms with E-state index in [0.717, 1.165) is 25.2 Å². The van der Waals surface area contributed by atoms with Gasteiger partial charge in [0.1, 0.15) is 5.75 Å². The summed E-state index contributed by atoms with van der Waals surface area (Å²) in [6.45, 7) is 6.11. The molecule has 138 valence electrons. The zero-order chi connectivity index (χ0) is 17.1. The van der Waals surface area contributed by atoms with Crippen molar-refractivity contribution in [2.75, 3.05) is 24.5 Å². The fourth-order valence-electron chi connectivity index (χ4n) is 3.31. The normalized spacial score (nSPS) is 25.4. The lowest BCUT2D eigenvalue weighted by molar-refractivity contribution is -0.125. The molecule has 0 saturated carbocycles. The maximum atomic E-state index is 12.4. The van der Waals surface area contributed by atoms with Crippen molar-refractivity contribution in [1.29, 1.82) is 0 Å². The number of ether oxygens (including phenoxy) is 1. The van der Waals surface area contributed by atoms with E-state index >= 15 is 0 Å². The lowest BCUT2D eigenvalue weighted by atomic mass is 9.95. The summed E-state index contributed by atoms with van der Waals surface area (Å²) in [5.41, 5.74) is 0.739. The van der Waals surface area contributed by atoms with Crippen LogP contribution in [0.15, 0.2) is 24.3 Å². The second-order valence-electron chi connectivity index (χ2n) is 6.61. The quantitative estimate of drug-likeness (QED) is 0.850. The number of nitrogens with one attached hydrogen (secondary N) is 2. The Morgan fingerprint density at radius 2 is 2.12 bits per heavy atom. The van der Waals surface area contributed by atoms with Crippen molar-refractivity contribution in [2.45, 2.75) is 38.8 Å². The second kappa shape index (κ2) is 8.54. The molecule has 7 heteroatoms. The van der Waals surface area contributed by atoms with Crippen LogP contribution in [0.2, 0.25) is 0 Å². The highest BCUT2D eigenvalue weighted by molar-refractivity contribution is 6.00. The van der Waals surface area contributed by atoms with Crippen molar-refractivity contribution in [3.8, 4) is 5.75 Å². The summed E-state index contributed by atoms with van der Waals surface area (Å²) in [6, 6.07) is 7.67. The molecule has 2 amide bonds. The maximum absolute atomic E-state index is 12.4. The molecule has 2 N–H and O–H groups in total. The van der Waals surface area contributed by atoms with Gasteiger partial charge in [-0.1, -0.05) is 19.1 Å². The molecule has 3 unspecified atom stereocenters. The molecule has 6 nitrogen and oxygen atoms in total. The van der Waals surface area contributed by atoms with Crippen molar-refractivity contribution >= 4 is 29.9 Å². The summed E-state index contributed by atoms with van der Waals surface area (Å²) < 4.78 is 5.62. The van der Waals surface area contributed by atoms with E-state index in [1.165, 1.54) is 0 Å². The van der Waals surface area contributed by atoms with Crippen LogP contribution in [0.4, 0.5) is 5.69 Å². The Labute approximate surface area is 154 Å². The molecule has 1 aromatic carbocycles. The lowest BCUT2D eigenvalue weighted by Crippen LogP contribution is -2.49. The van der Waals surface area contributed by atoms with E-state index in [-0.39, 0.29) is 30.3 Å². The highest BCUT2D eigenvalue weighted by atomic mass is 35.5. The highest BCUT2D eigenvalue weighted by Gasteiger charge is 2.31. The molecule has 2 aliphatic rings. The highest BCUT2D eigenvalue weighted by Crippen LogP contribution is 2.33. The summed E-state index contributed by atoms with van der Waals surface area (Å²) >= 11 is 0. The number of fused-ring (bicyclic) bond motifs is 1. The Hall–Kier alpha value is -1.79. The molecule has 0 spiro atoms. The van der Waals surface area contributed by atoms with Gasteiger partial charge in [-0.05, 0) is 44.5 Å². The number of carbonyl (C=O) groups is 2. The van der Waals surface area contributed by atoms with Gasteiger partial charge in [-0.2, -0.15) is 0 Å². The van der Waals surface area contributed by atoms with Gasteiger partial charge in [0, 0.05) is 19.0 Å². The number of halogens is 1. The van der Waals surface area contributed by atoms with Gasteiger partial charge in [0.15, 0.2) is 6.10 Å². The van der Waals surface area contributed by atoms with E-state index in [1.807, 2.05) is 24.3 Å². The third kappa shape index (κ3) is 4.44. The zero-order valence-electron chi connectivity index (χ0n) is 14.7. The van der Waals surface area contributed by atoms with E-state index in [4.69, 9.17) is 4.74 Å². The van der Waals surface area contributed by atoms with Crippen LogP contribution in [0.25, 0.3) is 0 Å². The molecule has 3 atom stereocenters. The first-order valence-electron chi connectivity index (χ1n) is 8.63. The molecule has 25 heavy (non-hydrogen) atoms. The van der Waals surface area contributed by atoms with Gasteiger partial charge < -0.3 is 20.3 Å². The third-order valence-electron chi connectivity index (χ3n) is 4.77. The van der Waals surface area contributed by atoms with Gasteiger partial charge in [0.2, 0.25) is 5.91 Å². The number of piperidine rings is 1. The molecule has 0 aliphatic carbocycles. The number of anilines is 1. The number of benzene rings is 1. The molecule has 0 aromatic heterocycles. The number of hydrogen-bond acceptors (Lipinski definition) is 4. The number of amides is 2. The van der Waals surface area contributed by atoms with Crippen LogP contribution in [-0.4, -0.2) is 43.6 Å². The van der Waals surface area contributed by atoms with E-state index < -0.39 is 6.10 Å². The van der Waals surface area contributed by atoms with Crippen LogP contribution < -0.4 is 20.3 Å². The Morgan fingerprint density at radius 3 is 2.88 bits per heavy atom. The predicted molar refractivity (Wildman–Crippen MR) is 99.3 cm³/mol. The molecule has 2 heterocycles. The van der Waals surface area contributed by atoms with E-state index in [0.29, 0.717) is 24.6 Å². The number of carbonyl (C=O) groups excluding carboxylic acids is 2. The molecule has 0 radical (unpaired) electrons. The van der Waals surface area contributed by atoms with Crippen molar-refractivity contribution in [2.24, 2.45) is 5.92 Å². The SMILES string of the molecule is CC1Oc2ccccc2N(CCC(=O)NC2CCNCC2C)C1=O.Cl. The van der Waals surface area contributed by atoms with Crippen molar-refractivity contribution in [3.63, 3.8) is 0 Å². The van der Waals surface area contributed by atoms with E-state index in [2.05, 4.69) is 17.6 Å². The maximum Gasteiger partial charge on any atom is 0.267 e. The Morgan fingerprint density at radius 1 is 1.36 bits per heavy atom.